The molecule has 0 bridgehead atoms. The van der Waals surface area contributed by atoms with Crippen molar-refractivity contribution < 1.29 is 4.74 Å². The van der Waals surface area contributed by atoms with E-state index in [1.165, 1.54) is 0 Å². The molecule has 3 rings (SSSR count). The molecule has 2 aromatic rings. The molecule has 2 atom stereocenters. The molecule has 4 N–H and O–H groups in total. The first-order valence-corrected chi connectivity index (χ1v) is 7.23. The molecule has 2 aromatic heterocycles. The van der Waals surface area contributed by atoms with Gasteiger partial charge >= 0.3 is 0 Å². The molecular weight excluding hydrogens is 262 g/mol. The minimum atomic E-state index is 0.305. The van der Waals surface area contributed by atoms with Gasteiger partial charge in [0.15, 0.2) is 0 Å². The van der Waals surface area contributed by atoms with E-state index in [0.717, 1.165) is 35.6 Å². The molecule has 19 heavy (non-hydrogen) atoms. The highest BCUT2D eigenvalue weighted by atomic mass is 32.1. The number of hydrogen-bond acceptors (Lipinski definition) is 7. The quantitative estimate of drug-likeness (QED) is 0.584. The minimum Gasteiger partial charge on any atom is -0.378 e. The molecule has 0 saturated carbocycles. The number of hydrogen-bond donors (Lipinski definition) is 3. The number of anilines is 2. The molecule has 7 heteroatoms. The summed E-state index contributed by atoms with van der Waals surface area (Å²) in [4.78, 5) is 9.63. The maximum Gasteiger partial charge on any atom is 0.240 e. The molecule has 0 amide bonds. The molecule has 1 aliphatic rings. The number of aromatic nitrogens is 2. The Labute approximate surface area is 115 Å². The van der Waals surface area contributed by atoms with Crippen LogP contribution >= 0.6 is 11.3 Å². The van der Waals surface area contributed by atoms with Crippen LogP contribution in [0.1, 0.15) is 13.3 Å². The Morgan fingerprint density at radius 2 is 2.42 bits per heavy atom. The van der Waals surface area contributed by atoms with Gasteiger partial charge in [-0.25, -0.2) is 10.8 Å². The third kappa shape index (κ3) is 2.49. The normalized spacial score (nSPS) is 22.8. The lowest BCUT2D eigenvalue weighted by atomic mass is 10.0. The summed E-state index contributed by atoms with van der Waals surface area (Å²) in [7, 11) is 0. The van der Waals surface area contributed by atoms with Crippen molar-refractivity contribution in [1.29, 1.82) is 0 Å². The van der Waals surface area contributed by atoms with Crippen molar-refractivity contribution in [2.45, 2.75) is 19.4 Å². The smallest absolute Gasteiger partial charge is 0.240 e. The Bertz CT molecular complexity index is 572. The van der Waals surface area contributed by atoms with E-state index >= 15 is 0 Å². The highest BCUT2D eigenvalue weighted by Crippen LogP contribution is 2.27. The predicted octanol–water partition coefficient (Wildman–Crippen LogP) is 1.81. The second kappa shape index (κ2) is 5.28. The zero-order valence-corrected chi connectivity index (χ0v) is 11.5. The molecule has 102 valence electrons. The van der Waals surface area contributed by atoms with E-state index in [-0.39, 0.29) is 0 Å². The van der Waals surface area contributed by atoms with E-state index in [2.05, 4.69) is 27.6 Å². The summed E-state index contributed by atoms with van der Waals surface area (Å²) in [6.45, 7) is 3.82. The molecule has 3 heterocycles. The summed E-state index contributed by atoms with van der Waals surface area (Å²) >= 11 is 1.58. The van der Waals surface area contributed by atoms with Gasteiger partial charge in [-0.15, -0.1) is 11.3 Å². The molecule has 2 unspecified atom stereocenters. The van der Waals surface area contributed by atoms with E-state index in [9.17, 15) is 0 Å². The van der Waals surface area contributed by atoms with Crippen molar-refractivity contribution in [2.24, 2.45) is 11.8 Å². The number of thiophene rings is 1. The predicted molar refractivity (Wildman–Crippen MR) is 77.2 cm³/mol. The van der Waals surface area contributed by atoms with E-state index < -0.39 is 0 Å². The zero-order chi connectivity index (χ0) is 13.2. The van der Waals surface area contributed by atoms with Gasteiger partial charge in [0.1, 0.15) is 10.6 Å². The van der Waals surface area contributed by atoms with Crippen LogP contribution in [0.5, 0.6) is 0 Å². The third-order valence-electron chi connectivity index (χ3n) is 3.52. The van der Waals surface area contributed by atoms with Crippen LogP contribution in [0.15, 0.2) is 11.4 Å². The van der Waals surface area contributed by atoms with Gasteiger partial charge in [0, 0.05) is 19.1 Å². The van der Waals surface area contributed by atoms with Gasteiger partial charge < -0.3 is 10.1 Å². The number of nitrogens with one attached hydrogen (secondary N) is 2. The molecule has 0 aromatic carbocycles. The number of ether oxygens (including phenoxy) is 1. The number of hydrazine groups is 1. The average Bonchev–Trinajstić information content (AvgIpc) is 3.04. The maximum atomic E-state index is 5.57. The zero-order valence-electron chi connectivity index (χ0n) is 10.7. The van der Waals surface area contributed by atoms with Gasteiger partial charge in [-0.05, 0) is 24.8 Å². The summed E-state index contributed by atoms with van der Waals surface area (Å²) in [6, 6.07) is 2.03. The summed E-state index contributed by atoms with van der Waals surface area (Å²) < 4.78 is 5.57. The molecule has 1 aliphatic heterocycles. The van der Waals surface area contributed by atoms with Crippen LogP contribution in [0, 0.1) is 5.92 Å². The van der Waals surface area contributed by atoms with Crippen molar-refractivity contribution in [3.8, 4) is 0 Å². The van der Waals surface area contributed by atoms with Crippen LogP contribution < -0.4 is 16.6 Å². The van der Waals surface area contributed by atoms with E-state index in [1.54, 1.807) is 11.3 Å². The number of nitrogen functional groups attached to an aromatic ring is 1. The monoisotopic (exact) mass is 279 g/mol. The first-order chi connectivity index (χ1) is 9.28. The topological polar surface area (TPSA) is 85.1 Å². The minimum absolute atomic E-state index is 0.305. The van der Waals surface area contributed by atoms with Gasteiger partial charge in [0.05, 0.1) is 11.5 Å². The lowest BCUT2D eigenvalue weighted by molar-refractivity contribution is 0.108. The van der Waals surface area contributed by atoms with Crippen LogP contribution in [0.2, 0.25) is 0 Å². The molecule has 0 aliphatic carbocycles. The van der Waals surface area contributed by atoms with E-state index in [1.807, 2.05) is 11.4 Å². The standard InChI is InChI=1S/C12H17N5OS/c1-7-8(2-4-18-7)6-14-10-9-3-5-19-11(9)16-12(15-10)17-13/h3,5,7-8H,2,4,6,13H2,1H3,(H2,14,15,16,17). The molecular formula is C12H17N5OS. The average molecular weight is 279 g/mol. The van der Waals surface area contributed by atoms with E-state index in [0.29, 0.717) is 18.0 Å². The molecule has 0 spiro atoms. The first kappa shape index (κ1) is 12.6. The van der Waals surface area contributed by atoms with Gasteiger partial charge in [-0.3, -0.25) is 5.43 Å². The fraction of sp³-hybridized carbons (Fsp3) is 0.500. The number of rotatable bonds is 4. The molecule has 0 radical (unpaired) electrons. The number of nitrogens with two attached hydrogens (primary N) is 1. The largest absolute Gasteiger partial charge is 0.378 e. The van der Waals surface area contributed by atoms with Gasteiger partial charge in [-0.1, -0.05) is 0 Å². The molecule has 1 saturated heterocycles. The summed E-state index contributed by atoms with van der Waals surface area (Å²) in [5, 5.41) is 6.44. The van der Waals surface area contributed by atoms with E-state index in [4.69, 9.17) is 10.6 Å². The molecule has 6 nitrogen and oxygen atoms in total. The second-order valence-corrected chi connectivity index (χ2v) is 5.58. The van der Waals surface area contributed by atoms with Crippen LogP contribution in [-0.4, -0.2) is 29.2 Å². The Morgan fingerprint density at radius 1 is 1.53 bits per heavy atom. The van der Waals surface area contributed by atoms with Crippen LogP contribution in [0.25, 0.3) is 10.2 Å². The maximum absolute atomic E-state index is 5.57. The lowest BCUT2D eigenvalue weighted by Gasteiger charge is -2.15. The van der Waals surface area contributed by atoms with Crippen molar-refractivity contribution in [2.75, 3.05) is 23.9 Å². The van der Waals surface area contributed by atoms with Gasteiger partial charge in [-0.2, -0.15) is 4.98 Å². The highest BCUT2D eigenvalue weighted by molar-refractivity contribution is 7.16. The first-order valence-electron chi connectivity index (χ1n) is 6.35. The SMILES string of the molecule is CC1OCCC1CNc1nc(NN)nc2sccc12. The fourth-order valence-corrected chi connectivity index (χ4v) is 3.09. The Hall–Kier alpha value is -1.44. The van der Waals surface area contributed by atoms with Crippen LogP contribution in [0.4, 0.5) is 11.8 Å². The number of nitrogens with zero attached hydrogens (tertiary/aromatic N) is 2. The van der Waals surface area contributed by atoms with Crippen molar-refractivity contribution in [3.05, 3.63) is 11.4 Å². The Morgan fingerprint density at radius 3 is 3.16 bits per heavy atom. The van der Waals surface area contributed by atoms with Gasteiger partial charge in [0.25, 0.3) is 0 Å². The highest BCUT2D eigenvalue weighted by Gasteiger charge is 2.24. The summed E-state index contributed by atoms with van der Waals surface area (Å²) in [6.07, 6.45) is 1.40. The lowest BCUT2D eigenvalue weighted by Crippen LogP contribution is -2.21. The summed E-state index contributed by atoms with van der Waals surface area (Å²) in [5.41, 5.74) is 2.51. The fourth-order valence-electron chi connectivity index (χ4n) is 2.33. The summed E-state index contributed by atoms with van der Waals surface area (Å²) in [5.74, 6) is 7.20. The van der Waals surface area contributed by atoms with Gasteiger partial charge in [0.2, 0.25) is 5.95 Å². The molecule has 1 fully saturated rings. The van der Waals surface area contributed by atoms with Crippen molar-refractivity contribution in [3.63, 3.8) is 0 Å². The van der Waals surface area contributed by atoms with Crippen molar-refractivity contribution in [1.82, 2.24) is 9.97 Å². The van der Waals surface area contributed by atoms with Crippen LogP contribution in [-0.2, 0) is 4.74 Å². The van der Waals surface area contributed by atoms with Crippen molar-refractivity contribution >= 4 is 33.3 Å². The number of fused-ring (bicyclic) bond motifs is 1. The second-order valence-electron chi connectivity index (χ2n) is 4.69. The Balaban J connectivity index is 1.81. The Kier molecular flexibility index (Phi) is 3.50. The third-order valence-corrected chi connectivity index (χ3v) is 4.33. The van der Waals surface area contributed by atoms with Crippen LogP contribution in [0.3, 0.4) is 0 Å².